The van der Waals surface area contributed by atoms with Crippen molar-refractivity contribution in [3.8, 4) is 0 Å². The maximum absolute atomic E-state index is 6.04. The van der Waals surface area contributed by atoms with Gasteiger partial charge in [0.05, 0.1) is 15.2 Å². The molecule has 14 heavy (non-hydrogen) atoms. The summed E-state index contributed by atoms with van der Waals surface area (Å²) >= 11 is 9.56. The molecule has 1 heterocycles. The van der Waals surface area contributed by atoms with E-state index in [0.717, 1.165) is 28.5 Å². The highest BCUT2D eigenvalue weighted by Gasteiger charge is 2.26. The third-order valence-electron chi connectivity index (χ3n) is 2.81. The highest BCUT2D eigenvalue weighted by atomic mass is 79.9. The number of hydrogen-bond acceptors (Lipinski definition) is 1. The lowest BCUT2D eigenvalue weighted by molar-refractivity contribution is 0.398. The highest BCUT2D eigenvalue weighted by Crippen LogP contribution is 2.36. The van der Waals surface area contributed by atoms with E-state index in [1.807, 2.05) is 12.1 Å². The van der Waals surface area contributed by atoms with Gasteiger partial charge in [-0.1, -0.05) is 24.6 Å². The molecular weight excluding hydrogens is 261 g/mol. The molecule has 1 aliphatic rings. The molecule has 0 atom stereocenters. The predicted octanol–water partition coefficient (Wildman–Crippen LogP) is 3.95. The summed E-state index contributed by atoms with van der Waals surface area (Å²) in [5.41, 5.74) is 1.22. The molecule has 0 amide bonds. The zero-order chi connectivity index (χ0) is 10.1. The molecule has 0 saturated carbocycles. The van der Waals surface area contributed by atoms with E-state index in [9.17, 15) is 0 Å². The van der Waals surface area contributed by atoms with Crippen LogP contribution in [-0.2, 0) is 0 Å². The van der Waals surface area contributed by atoms with Crippen LogP contribution in [0.25, 0.3) is 0 Å². The Morgan fingerprint density at radius 3 is 2.86 bits per heavy atom. The van der Waals surface area contributed by atoms with Crippen molar-refractivity contribution >= 4 is 33.2 Å². The second-order valence-corrected chi connectivity index (χ2v) is 4.95. The first-order chi connectivity index (χ1) is 6.72. The third kappa shape index (κ3) is 1.78. The largest absolute Gasteiger partial charge is 0.370 e. The Morgan fingerprint density at radius 2 is 2.21 bits per heavy atom. The third-order valence-corrected chi connectivity index (χ3v) is 4.18. The summed E-state index contributed by atoms with van der Waals surface area (Å²) in [6.07, 6.45) is 1.27. The van der Waals surface area contributed by atoms with Gasteiger partial charge in [0, 0.05) is 13.1 Å². The number of benzene rings is 1. The molecule has 1 fully saturated rings. The van der Waals surface area contributed by atoms with Gasteiger partial charge in [0.25, 0.3) is 0 Å². The Bertz CT molecular complexity index is 334. The van der Waals surface area contributed by atoms with Gasteiger partial charge in [-0.25, -0.2) is 0 Å². The normalized spacial score (nSPS) is 16.9. The smallest absolute Gasteiger partial charge is 0.0595 e. The monoisotopic (exact) mass is 273 g/mol. The summed E-state index contributed by atoms with van der Waals surface area (Å²) in [6.45, 7) is 4.57. The molecule has 0 spiro atoms. The van der Waals surface area contributed by atoms with E-state index in [2.05, 4.69) is 33.8 Å². The number of halogens is 2. The van der Waals surface area contributed by atoms with Gasteiger partial charge in [-0.05, 0) is 40.4 Å². The van der Waals surface area contributed by atoms with Gasteiger partial charge in [0.2, 0.25) is 0 Å². The van der Waals surface area contributed by atoms with E-state index in [4.69, 9.17) is 11.6 Å². The van der Waals surface area contributed by atoms with Crippen molar-refractivity contribution in [2.24, 2.45) is 5.92 Å². The summed E-state index contributed by atoms with van der Waals surface area (Å²) in [6, 6.07) is 6.02. The number of anilines is 1. The van der Waals surface area contributed by atoms with Crippen LogP contribution in [0.2, 0.25) is 5.02 Å². The van der Waals surface area contributed by atoms with Crippen LogP contribution in [-0.4, -0.2) is 13.1 Å². The second kappa shape index (κ2) is 4.11. The van der Waals surface area contributed by atoms with Crippen LogP contribution in [0.1, 0.15) is 13.3 Å². The Labute approximate surface area is 98.2 Å². The van der Waals surface area contributed by atoms with Crippen molar-refractivity contribution in [3.05, 3.63) is 27.7 Å². The Morgan fingerprint density at radius 1 is 1.50 bits per heavy atom. The molecule has 2 rings (SSSR count). The van der Waals surface area contributed by atoms with Crippen LogP contribution in [0, 0.1) is 5.92 Å². The second-order valence-electron chi connectivity index (χ2n) is 3.75. The molecule has 0 aromatic heterocycles. The molecule has 0 unspecified atom stereocenters. The Kier molecular flexibility index (Phi) is 3.03. The zero-order valence-electron chi connectivity index (χ0n) is 8.13. The Balaban J connectivity index is 2.14. The van der Waals surface area contributed by atoms with Crippen molar-refractivity contribution < 1.29 is 0 Å². The fourth-order valence-electron chi connectivity index (χ4n) is 1.76. The van der Waals surface area contributed by atoms with E-state index in [-0.39, 0.29) is 0 Å². The SMILES string of the molecule is CCC1CN(c2cccc(Cl)c2Br)C1. The molecule has 1 aromatic carbocycles. The molecular formula is C11H13BrClN. The molecule has 0 radical (unpaired) electrons. The highest BCUT2D eigenvalue weighted by molar-refractivity contribution is 9.10. The number of hydrogen-bond donors (Lipinski definition) is 0. The van der Waals surface area contributed by atoms with Crippen LogP contribution in [0.15, 0.2) is 22.7 Å². The van der Waals surface area contributed by atoms with E-state index < -0.39 is 0 Å². The molecule has 0 N–H and O–H groups in total. The summed E-state index contributed by atoms with van der Waals surface area (Å²) < 4.78 is 1.02. The van der Waals surface area contributed by atoms with Gasteiger partial charge < -0.3 is 4.90 Å². The van der Waals surface area contributed by atoms with Crippen LogP contribution in [0.4, 0.5) is 5.69 Å². The average Bonchev–Trinajstić information content (AvgIpc) is 2.10. The van der Waals surface area contributed by atoms with Crippen molar-refractivity contribution in [2.75, 3.05) is 18.0 Å². The first-order valence-corrected chi connectivity index (χ1v) is 6.08. The number of rotatable bonds is 2. The fourth-order valence-corrected chi connectivity index (χ4v) is 2.45. The quantitative estimate of drug-likeness (QED) is 0.789. The van der Waals surface area contributed by atoms with Gasteiger partial charge in [0.15, 0.2) is 0 Å². The summed E-state index contributed by atoms with van der Waals surface area (Å²) in [5.74, 6) is 0.862. The lowest BCUT2D eigenvalue weighted by Gasteiger charge is -2.41. The predicted molar refractivity (Wildman–Crippen MR) is 65.1 cm³/mol. The maximum Gasteiger partial charge on any atom is 0.0595 e. The fraction of sp³-hybridized carbons (Fsp3) is 0.455. The molecule has 3 heteroatoms. The molecule has 1 nitrogen and oxygen atoms in total. The molecule has 1 saturated heterocycles. The molecule has 1 aromatic rings. The number of nitrogens with zero attached hydrogens (tertiary/aromatic N) is 1. The average molecular weight is 275 g/mol. The molecule has 76 valence electrons. The van der Waals surface area contributed by atoms with Gasteiger partial charge in [-0.15, -0.1) is 0 Å². The van der Waals surface area contributed by atoms with Crippen molar-refractivity contribution in [3.63, 3.8) is 0 Å². The maximum atomic E-state index is 6.04. The van der Waals surface area contributed by atoms with Crippen LogP contribution < -0.4 is 4.90 Å². The summed E-state index contributed by atoms with van der Waals surface area (Å²) in [5, 5.41) is 0.794. The standard InChI is InChI=1S/C11H13BrClN/c1-2-8-6-14(7-8)10-5-3-4-9(13)11(10)12/h3-5,8H,2,6-7H2,1H3. The van der Waals surface area contributed by atoms with Crippen molar-refractivity contribution in [1.82, 2.24) is 0 Å². The minimum absolute atomic E-state index is 0.794. The van der Waals surface area contributed by atoms with Gasteiger partial charge >= 0.3 is 0 Å². The van der Waals surface area contributed by atoms with Gasteiger partial charge in [-0.3, -0.25) is 0 Å². The van der Waals surface area contributed by atoms with E-state index >= 15 is 0 Å². The minimum Gasteiger partial charge on any atom is -0.370 e. The van der Waals surface area contributed by atoms with Crippen molar-refractivity contribution in [2.45, 2.75) is 13.3 Å². The lowest BCUT2D eigenvalue weighted by Crippen LogP contribution is -2.46. The molecule has 0 aliphatic carbocycles. The zero-order valence-corrected chi connectivity index (χ0v) is 10.5. The van der Waals surface area contributed by atoms with Gasteiger partial charge in [0.1, 0.15) is 0 Å². The molecule has 1 aliphatic heterocycles. The summed E-state index contributed by atoms with van der Waals surface area (Å²) in [7, 11) is 0. The van der Waals surface area contributed by atoms with E-state index in [1.165, 1.54) is 12.1 Å². The van der Waals surface area contributed by atoms with Crippen LogP contribution in [0.5, 0.6) is 0 Å². The lowest BCUT2D eigenvalue weighted by atomic mass is 9.97. The first-order valence-electron chi connectivity index (χ1n) is 4.91. The van der Waals surface area contributed by atoms with E-state index in [0.29, 0.717) is 0 Å². The molecule has 0 bridgehead atoms. The topological polar surface area (TPSA) is 3.24 Å². The van der Waals surface area contributed by atoms with Crippen LogP contribution in [0.3, 0.4) is 0 Å². The van der Waals surface area contributed by atoms with Gasteiger partial charge in [-0.2, -0.15) is 0 Å². The van der Waals surface area contributed by atoms with E-state index in [1.54, 1.807) is 0 Å². The first kappa shape index (κ1) is 10.3. The minimum atomic E-state index is 0.794. The van der Waals surface area contributed by atoms with Crippen LogP contribution >= 0.6 is 27.5 Å². The van der Waals surface area contributed by atoms with Crippen molar-refractivity contribution in [1.29, 1.82) is 0 Å². The summed E-state index contributed by atoms with van der Waals surface area (Å²) in [4.78, 5) is 2.37. The Hall–Kier alpha value is -0.210.